The van der Waals surface area contributed by atoms with Crippen LogP contribution in [0.25, 0.3) is 10.9 Å². The lowest BCUT2D eigenvalue weighted by Crippen LogP contribution is -2.34. The Morgan fingerprint density at radius 3 is 2.23 bits per heavy atom. The van der Waals surface area contributed by atoms with Gasteiger partial charge in [-0.3, -0.25) is 9.88 Å². The first-order chi connectivity index (χ1) is 17.2. The first kappa shape index (κ1) is 25.0. The number of anilines is 3. The smallest absolute Gasteiger partial charge is 0.0866 e. The Hall–Kier alpha value is -3.15. The minimum atomic E-state index is 0.443. The van der Waals surface area contributed by atoms with Crippen molar-refractivity contribution in [3.8, 4) is 6.07 Å². The highest BCUT2D eigenvalue weighted by molar-refractivity contribution is 14.1. The summed E-state index contributed by atoms with van der Waals surface area (Å²) in [5.74, 6) is 0. The molecule has 3 aromatic carbocycles. The topological polar surface area (TPSA) is 55.2 Å². The van der Waals surface area contributed by atoms with Gasteiger partial charge in [-0.05, 0) is 90.5 Å². The second-order valence-corrected chi connectivity index (χ2v) is 9.66. The van der Waals surface area contributed by atoms with E-state index >= 15 is 0 Å². The number of nitrogens with one attached hydrogen (secondary N) is 1. The molecule has 35 heavy (non-hydrogen) atoms. The van der Waals surface area contributed by atoms with E-state index in [9.17, 15) is 5.26 Å². The van der Waals surface area contributed by atoms with Gasteiger partial charge < -0.3 is 10.2 Å². The molecule has 0 spiro atoms. The Balaban J connectivity index is 1.29. The predicted octanol–water partition coefficient (Wildman–Crippen LogP) is 6.70. The van der Waals surface area contributed by atoms with E-state index < -0.39 is 0 Å². The summed E-state index contributed by atoms with van der Waals surface area (Å²) < 4.78 is 1.19. The van der Waals surface area contributed by atoms with Gasteiger partial charge in [-0.2, -0.15) is 5.26 Å². The van der Waals surface area contributed by atoms with Crippen LogP contribution in [0.4, 0.5) is 17.1 Å². The van der Waals surface area contributed by atoms with Gasteiger partial charge in [-0.1, -0.05) is 36.4 Å². The quantitative estimate of drug-likeness (QED) is 0.116. The molecule has 0 bridgehead atoms. The molecule has 178 valence electrons. The number of hydrogen-bond acceptors (Lipinski definition) is 5. The van der Waals surface area contributed by atoms with Gasteiger partial charge in [0, 0.05) is 51.8 Å². The number of halogens is 1. The van der Waals surface area contributed by atoms with Crippen LogP contribution in [-0.4, -0.2) is 42.6 Å². The second-order valence-electron chi connectivity index (χ2n) is 8.41. The summed E-state index contributed by atoms with van der Waals surface area (Å²) in [6, 6.07) is 31.6. The molecular weight excluding hydrogens is 545 g/mol. The van der Waals surface area contributed by atoms with E-state index in [-0.39, 0.29) is 0 Å². The Morgan fingerprint density at radius 2 is 1.54 bits per heavy atom. The molecular formula is C29H30IN5. The number of nitrogens with zero attached hydrogens (tertiary/aromatic N) is 4. The van der Waals surface area contributed by atoms with Crippen molar-refractivity contribution in [2.45, 2.75) is 12.8 Å². The van der Waals surface area contributed by atoms with Crippen molar-refractivity contribution < 1.29 is 0 Å². The van der Waals surface area contributed by atoms with E-state index in [1.54, 1.807) is 0 Å². The molecule has 6 heteroatoms. The average molecular weight is 575 g/mol. The van der Waals surface area contributed by atoms with Crippen molar-refractivity contribution in [3.05, 3.63) is 94.7 Å². The van der Waals surface area contributed by atoms with E-state index in [0.717, 1.165) is 55.6 Å². The number of fused-ring (bicyclic) bond motifs is 1. The van der Waals surface area contributed by atoms with Gasteiger partial charge in [-0.25, -0.2) is 0 Å². The van der Waals surface area contributed by atoms with Crippen LogP contribution in [0.5, 0.6) is 0 Å². The number of unbranched alkanes of at least 4 members (excludes halogenated alkanes) is 1. The molecule has 5 nitrogen and oxygen atoms in total. The van der Waals surface area contributed by atoms with Gasteiger partial charge in [0.1, 0.15) is 0 Å². The molecule has 4 rings (SSSR count). The van der Waals surface area contributed by atoms with Gasteiger partial charge in [0.25, 0.3) is 0 Å². The monoisotopic (exact) mass is 575 g/mol. The molecule has 0 aliphatic heterocycles. The molecule has 1 heterocycles. The lowest BCUT2D eigenvalue weighted by Gasteiger charge is -2.28. The maximum atomic E-state index is 9.38. The van der Waals surface area contributed by atoms with Crippen LogP contribution in [0.3, 0.4) is 0 Å². The summed E-state index contributed by atoms with van der Waals surface area (Å²) in [5.41, 5.74) is 4.48. The molecule has 4 aromatic rings. The maximum Gasteiger partial charge on any atom is 0.0866 e. The number of para-hydroxylation sites is 2. The normalized spacial score (nSPS) is 10.9. The lowest BCUT2D eigenvalue weighted by atomic mass is 10.2. The fourth-order valence-electron chi connectivity index (χ4n) is 4.19. The Bertz CT molecular complexity index is 1200. The molecule has 0 saturated carbocycles. The van der Waals surface area contributed by atoms with Gasteiger partial charge in [0.05, 0.1) is 18.1 Å². The van der Waals surface area contributed by atoms with Crippen molar-refractivity contribution in [1.82, 2.24) is 9.88 Å². The summed E-state index contributed by atoms with van der Waals surface area (Å²) in [7, 11) is 0. The minimum absolute atomic E-state index is 0.443. The van der Waals surface area contributed by atoms with E-state index in [4.69, 9.17) is 0 Å². The summed E-state index contributed by atoms with van der Waals surface area (Å²) in [5, 5.41) is 14.1. The number of hydrogen-bond donors (Lipinski definition) is 1. The zero-order valence-electron chi connectivity index (χ0n) is 19.8. The molecule has 1 N–H and O–H groups in total. The molecule has 1 aromatic heterocycles. The van der Waals surface area contributed by atoms with Crippen LogP contribution < -0.4 is 10.2 Å². The van der Waals surface area contributed by atoms with Crippen molar-refractivity contribution in [3.63, 3.8) is 0 Å². The fraction of sp³-hybridized carbons (Fsp3) is 0.241. The molecule has 0 saturated heterocycles. The first-order valence-electron chi connectivity index (χ1n) is 12.0. The second kappa shape index (κ2) is 13.1. The van der Waals surface area contributed by atoms with Gasteiger partial charge in [-0.15, -0.1) is 0 Å². The van der Waals surface area contributed by atoms with Gasteiger partial charge in [0.2, 0.25) is 0 Å². The molecule has 0 radical (unpaired) electrons. The molecule has 0 fully saturated rings. The highest BCUT2D eigenvalue weighted by atomic mass is 127. The molecule has 0 aliphatic carbocycles. The molecule has 0 unspecified atom stereocenters. The van der Waals surface area contributed by atoms with Crippen LogP contribution in [0.15, 0.2) is 91.1 Å². The number of benzene rings is 3. The molecule has 0 atom stereocenters. The van der Waals surface area contributed by atoms with Crippen molar-refractivity contribution in [2.24, 2.45) is 0 Å². The van der Waals surface area contributed by atoms with Crippen LogP contribution in [-0.2, 0) is 0 Å². The third kappa shape index (κ3) is 7.17. The highest BCUT2D eigenvalue weighted by Crippen LogP contribution is 2.25. The van der Waals surface area contributed by atoms with Crippen molar-refractivity contribution in [1.29, 1.82) is 5.26 Å². The molecule has 0 aliphatic rings. The van der Waals surface area contributed by atoms with E-state index in [1.165, 1.54) is 14.9 Å². The Labute approximate surface area is 221 Å². The fourth-order valence-corrected chi connectivity index (χ4v) is 4.67. The van der Waals surface area contributed by atoms with Crippen LogP contribution >= 0.6 is 22.6 Å². The SMILES string of the molecule is N#CCN(CCCCNc1ccnc2cc(I)ccc12)CCN(c1ccccc1)c1ccccc1. The summed E-state index contributed by atoms with van der Waals surface area (Å²) in [6.45, 7) is 3.90. The average Bonchev–Trinajstić information content (AvgIpc) is 2.89. The maximum absolute atomic E-state index is 9.38. The van der Waals surface area contributed by atoms with E-state index in [1.807, 2.05) is 24.4 Å². The number of aromatic nitrogens is 1. The van der Waals surface area contributed by atoms with Gasteiger partial charge in [0.15, 0.2) is 0 Å². The van der Waals surface area contributed by atoms with Crippen LogP contribution in [0.1, 0.15) is 12.8 Å². The summed E-state index contributed by atoms with van der Waals surface area (Å²) in [6.07, 6.45) is 3.93. The third-order valence-electron chi connectivity index (χ3n) is 5.99. The lowest BCUT2D eigenvalue weighted by molar-refractivity contribution is 0.307. The van der Waals surface area contributed by atoms with E-state index in [0.29, 0.717) is 6.54 Å². The van der Waals surface area contributed by atoms with Gasteiger partial charge >= 0.3 is 0 Å². The zero-order chi connectivity index (χ0) is 24.3. The third-order valence-corrected chi connectivity index (χ3v) is 6.66. The number of rotatable bonds is 12. The Kier molecular flexibility index (Phi) is 9.32. The number of nitriles is 1. The molecule has 0 amide bonds. The Morgan fingerprint density at radius 1 is 0.829 bits per heavy atom. The highest BCUT2D eigenvalue weighted by Gasteiger charge is 2.12. The van der Waals surface area contributed by atoms with Crippen molar-refractivity contribution in [2.75, 3.05) is 42.9 Å². The zero-order valence-corrected chi connectivity index (χ0v) is 21.9. The van der Waals surface area contributed by atoms with E-state index in [2.05, 4.69) is 115 Å². The van der Waals surface area contributed by atoms with Crippen LogP contribution in [0, 0.1) is 14.9 Å². The number of pyridine rings is 1. The summed E-state index contributed by atoms with van der Waals surface area (Å²) >= 11 is 2.32. The first-order valence-corrected chi connectivity index (χ1v) is 13.1. The van der Waals surface area contributed by atoms with Crippen LogP contribution in [0.2, 0.25) is 0 Å². The summed E-state index contributed by atoms with van der Waals surface area (Å²) in [4.78, 5) is 9.06. The largest absolute Gasteiger partial charge is 0.384 e. The minimum Gasteiger partial charge on any atom is -0.384 e. The van der Waals surface area contributed by atoms with Crippen molar-refractivity contribution >= 4 is 50.6 Å². The standard InChI is InChI=1S/C29H30IN5/c30-24-13-14-27-28(15-18-33-29(27)23-24)32-17-7-8-19-34(20-16-31)21-22-35(25-9-3-1-4-10-25)26-11-5-2-6-12-26/h1-6,9-15,18,23H,7-8,17,19-22H2,(H,32,33). The predicted molar refractivity (Wildman–Crippen MR) is 154 cm³/mol.